The van der Waals surface area contributed by atoms with Gasteiger partial charge >= 0.3 is 11.9 Å². The summed E-state index contributed by atoms with van der Waals surface area (Å²) in [6, 6.07) is -0.862. The Morgan fingerprint density at radius 2 is 2.04 bits per heavy atom. The Bertz CT molecular complexity index is 672. The van der Waals surface area contributed by atoms with Crippen LogP contribution in [-0.4, -0.2) is 63.9 Å². The van der Waals surface area contributed by atoms with Gasteiger partial charge in [0.1, 0.15) is 35.9 Å². The molecule has 1 unspecified atom stereocenters. The first-order valence-corrected chi connectivity index (χ1v) is 7.64. The molecule has 130 valence electrons. The minimum Gasteiger partial charge on any atom is -0.477 e. The summed E-state index contributed by atoms with van der Waals surface area (Å²) in [5.74, 6) is -2.95. The van der Waals surface area contributed by atoms with E-state index in [0.717, 1.165) is 16.7 Å². The van der Waals surface area contributed by atoms with Gasteiger partial charge in [-0.25, -0.2) is 4.79 Å². The zero-order chi connectivity index (χ0) is 18.0. The fourth-order valence-corrected chi connectivity index (χ4v) is 3.58. The number of ether oxygens (including phenoxy) is 1. The number of carboxylic acid groups (broad SMARTS) is 1. The number of oxime groups is 1. The number of fused-ring (bicyclic) bond motifs is 1. The zero-order valence-electron chi connectivity index (χ0n) is 13.1. The van der Waals surface area contributed by atoms with E-state index < -0.39 is 35.2 Å². The van der Waals surface area contributed by atoms with Crippen molar-refractivity contribution < 1.29 is 33.9 Å². The second kappa shape index (κ2) is 6.91. The Morgan fingerprint density at radius 1 is 1.38 bits per heavy atom. The van der Waals surface area contributed by atoms with Gasteiger partial charge in [-0.1, -0.05) is 16.9 Å². The van der Waals surface area contributed by atoms with E-state index in [1.54, 1.807) is 0 Å². The van der Waals surface area contributed by atoms with Crippen LogP contribution in [0.2, 0.25) is 0 Å². The first-order valence-electron chi connectivity index (χ1n) is 6.76. The van der Waals surface area contributed by atoms with Gasteiger partial charge in [0.05, 0.1) is 5.57 Å². The number of carboxylic acids is 1. The van der Waals surface area contributed by atoms with Crippen LogP contribution in [0.1, 0.15) is 13.8 Å². The van der Waals surface area contributed by atoms with Crippen molar-refractivity contribution >= 4 is 40.6 Å². The SMILES string of the molecule is CON=C1S[C@H]2C(NC(C)=O)C(=O)N2C(C(=O)O)=C1COC(C)=O. The van der Waals surface area contributed by atoms with Gasteiger partial charge in [-0.3, -0.25) is 19.3 Å². The van der Waals surface area contributed by atoms with Gasteiger partial charge in [0.25, 0.3) is 5.91 Å². The molecule has 2 aliphatic heterocycles. The van der Waals surface area contributed by atoms with Crippen LogP contribution < -0.4 is 5.32 Å². The molecule has 2 heterocycles. The van der Waals surface area contributed by atoms with Crippen molar-refractivity contribution in [2.75, 3.05) is 13.7 Å². The summed E-state index contributed by atoms with van der Waals surface area (Å²) in [6.45, 7) is 2.07. The number of thioether (sulfide) groups is 1. The van der Waals surface area contributed by atoms with Crippen LogP contribution in [0, 0.1) is 0 Å². The van der Waals surface area contributed by atoms with Gasteiger partial charge in [-0.15, -0.1) is 0 Å². The summed E-state index contributed by atoms with van der Waals surface area (Å²) in [5, 5.41) is 15.2. The molecule has 1 fully saturated rings. The smallest absolute Gasteiger partial charge is 0.353 e. The third-order valence-electron chi connectivity index (χ3n) is 3.22. The molecule has 10 nitrogen and oxygen atoms in total. The maximum absolute atomic E-state index is 12.2. The second-order valence-corrected chi connectivity index (χ2v) is 5.99. The Balaban J connectivity index is 2.44. The predicted octanol–water partition coefficient (Wildman–Crippen LogP) is -0.732. The summed E-state index contributed by atoms with van der Waals surface area (Å²) < 4.78 is 4.86. The lowest BCUT2D eigenvalue weighted by molar-refractivity contribution is -0.150. The highest BCUT2D eigenvalue weighted by Gasteiger charge is 2.55. The van der Waals surface area contributed by atoms with E-state index in [1.165, 1.54) is 21.0 Å². The number of hydrogen-bond acceptors (Lipinski definition) is 8. The molecule has 24 heavy (non-hydrogen) atoms. The molecule has 2 amide bonds. The molecule has 2 N–H and O–H groups in total. The lowest BCUT2D eigenvalue weighted by atomic mass is 10.0. The Labute approximate surface area is 140 Å². The number of β-lactam (4-membered cyclic amide) rings is 1. The van der Waals surface area contributed by atoms with Crippen LogP contribution in [0.15, 0.2) is 16.4 Å². The number of carbonyl (C=O) groups excluding carboxylic acids is 3. The third kappa shape index (κ3) is 3.20. The van der Waals surface area contributed by atoms with E-state index in [-0.39, 0.29) is 22.9 Å². The minimum atomic E-state index is -1.37. The lowest BCUT2D eigenvalue weighted by Crippen LogP contribution is -2.70. The number of nitrogens with zero attached hydrogens (tertiary/aromatic N) is 2. The molecule has 0 spiro atoms. The van der Waals surface area contributed by atoms with Crippen LogP contribution >= 0.6 is 11.8 Å². The molecule has 2 aliphatic rings. The summed E-state index contributed by atoms with van der Waals surface area (Å²) in [6.07, 6.45) is 0. The predicted molar refractivity (Wildman–Crippen MR) is 81.6 cm³/mol. The zero-order valence-corrected chi connectivity index (χ0v) is 13.9. The topological polar surface area (TPSA) is 135 Å². The highest BCUT2D eigenvalue weighted by Crippen LogP contribution is 2.42. The van der Waals surface area contributed by atoms with E-state index in [1.807, 2.05) is 0 Å². The molecule has 0 aliphatic carbocycles. The average molecular weight is 357 g/mol. The van der Waals surface area contributed by atoms with E-state index >= 15 is 0 Å². The maximum Gasteiger partial charge on any atom is 0.353 e. The maximum atomic E-state index is 12.2. The lowest BCUT2D eigenvalue weighted by Gasteiger charge is -2.49. The first kappa shape index (κ1) is 17.8. The van der Waals surface area contributed by atoms with Crippen LogP contribution in [0.25, 0.3) is 0 Å². The number of aliphatic carboxylic acids is 1. The molecule has 11 heteroatoms. The van der Waals surface area contributed by atoms with Crippen LogP contribution in [0.3, 0.4) is 0 Å². The van der Waals surface area contributed by atoms with Crippen molar-refractivity contribution in [2.45, 2.75) is 25.3 Å². The van der Waals surface area contributed by atoms with E-state index in [4.69, 9.17) is 9.57 Å². The number of rotatable bonds is 5. The molecule has 0 radical (unpaired) electrons. The largest absolute Gasteiger partial charge is 0.477 e. The van der Waals surface area contributed by atoms with Crippen molar-refractivity contribution in [1.29, 1.82) is 0 Å². The molecule has 0 bridgehead atoms. The molecule has 0 saturated carbocycles. The van der Waals surface area contributed by atoms with Crippen LogP contribution in [0.5, 0.6) is 0 Å². The van der Waals surface area contributed by atoms with Gasteiger partial charge in [-0.2, -0.15) is 0 Å². The van der Waals surface area contributed by atoms with E-state index in [0.29, 0.717) is 0 Å². The van der Waals surface area contributed by atoms with Crippen molar-refractivity contribution in [1.82, 2.24) is 10.2 Å². The van der Waals surface area contributed by atoms with Crippen molar-refractivity contribution in [3.05, 3.63) is 11.3 Å². The van der Waals surface area contributed by atoms with Crippen molar-refractivity contribution in [3.63, 3.8) is 0 Å². The highest BCUT2D eigenvalue weighted by molar-refractivity contribution is 8.15. The molecule has 0 aromatic carbocycles. The summed E-state index contributed by atoms with van der Waals surface area (Å²) in [7, 11) is 1.28. The van der Waals surface area contributed by atoms with Gasteiger partial charge < -0.3 is 20.0 Å². The number of carbonyl (C=O) groups is 4. The Hall–Kier alpha value is -2.56. The minimum absolute atomic E-state index is 0.0513. The van der Waals surface area contributed by atoms with Gasteiger partial charge in [0, 0.05) is 13.8 Å². The van der Waals surface area contributed by atoms with Crippen molar-refractivity contribution in [3.8, 4) is 0 Å². The molecular weight excluding hydrogens is 342 g/mol. The van der Waals surface area contributed by atoms with Crippen LogP contribution in [-0.2, 0) is 28.8 Å². The number of nitrogens with one attached hydrogen (secondary N) is 1. The van der Waals surface area contributed by atoms with Crippen LogP contribution in [0.4, 0.5) is 0 Å². The van der Waals surface area contributed by atoms with E-state index in [2.05, 4.69) is 10.5 Å². The summed E-state index contributed by atoms with van der Waals surface area (Å²) in [5.41, 5.74) is -0.294. The third-order valence-corrected chi connectivity index (χ3v) is 4.48. The molecule has 1 saturated heterocycles. The fourth-order valence-electron chi connectivity index (χ4n) is 2.30. The Morgan fingerprint density at radius 3 is 2.54 bits per heavy atom. The molecule has 2 rings (SSSR count). The van der Waals surface area contributed by atoms with E-state index in [9.17, 15) is 24.3 Å². The van der Waals surface area contributed by atoms with Gasteiger partial charge in [-0.05, 0) is 0 Å². The summed E-state index contributed by atoms with van der Waals surface area (Å²) in [4.78, 5) is 51.8. The quantitative estimate of drug-likeness (QED) is 0.373. The number of hydrogen-bond donors (Lipinski definition) is 2. The van der Waals surface area contributed by atoms with Crippen molar-refractivity contribution in [2.24, 2.45) is 5.16 Å². The standard InChI is InChI=1S/C13H15N3O7S/c1-5(17)14-8-11(19)16-9(13(20)21)7(4-23-6(2)18)10(15-22-3)24-12(8)16/h8,12H,4H2,1-3H3,(H,14,17)(H,20,21)/t8?,12-/m0/s1. The number of amides is 2. The van der Waals surface area contributed by atoms with Gasteiger partial charge in [0.2, 0.25) is 5.91 Å². The second-order valence-electron chi connectivity index (χ2n) is 4.89. The highest BCUT2D eigenvalue weighted by atomic mass is 32.2. The average Bonchev–Trinajstić information content (AvgIpc) is 2.50. The number of esters is 1. The first-order chi connectivity index (χ1) is 11.3. The monoisotopic (exact) mass is 357 g/mol. The summed E-state index contributed by atoms with van der Waals surface area (Å²) >= 11 is 1.04. The molecular formula is C13H15N3O7S. The Kier molecular flexibility index (Phi) is 5.12. The molecule has 0 aromatic rings. The molecule has 0 aromatic heterocycles. The van der Waals surface area contributed by atoms with Gasteiger partial charge in [0.15, 0.2) is 0 Å². The fraction of sp³-hybridized carbons (Fsp3) is 0.462. The normalized spacial score (nSPS) is 24.2. The molecule has 2 atom stereocenters.